The number of rotatable bonds is 3. The van der Waals surface area contributed by atoms with Gasteiger partial charge in [0.1, 0.15) is 11.6 Å². The largest absolute Gasteiger partial charge is 0.417 e. The Balaban J connectivity index is 1.42. The average Bonchev–Trinajstić information content (AvgIpc) is 2.74. The van der Waals surface area contributed by atoms with E-state index in [2.05, 4.69) is 19.9 Å². The zero-order valence-electron chi connectivity index (χ0n) is 15.3. The standard InChI is InChI=1S/C20H17ClF3N5/c21-17-10-16(20(22,23)24)13-27-19(17)29-8-6-28(7-9-29)18-4-3-15(12-26-18)14-2-1-5-25-11-14/h1-5,10-13H,6-9H2. The highest BCUT2D eigenvalue weighted by Crippen LogP contribution is 2.34. The molecule has 0 unspecified atom stereocenters. The second-order valence-corrected chi connectivity index (χ2v) is 7.06. The lowest BCUT2D eigenvalue weighted by Crippen LogP contribution is -2.47. The Morgan fingerprint density at radius 3 is 2.17 bits per heavy atom. The van der Waals surface area contributed by atoms with Crippen LogP contribution in [0.15, 0.2) is 55.1 Å². The van der Waals surface area contributed by atoms with Crippen molar-refractivity contribution < 1.29 is 13.2 Å². The molecule has 3 aromatic rings. The van der Waals surface area contributed by atoms with Crippen molar-refractivity contribution in [2.45, 2.75) is 6.18 Å². The molecule has 1 aliphatic rings. The molecule has 5 nitrogen and oxygen atoms in total. The molecule has 9 heteroatoms. The lowest BCUT2D eigenvalue weighted by molar-refractivity contribution is -0.137. The van der Waals surface area contributed by atoms with E-state index in [-0.39, 0.29) is 5.02 Å². The van der Waals surface area contributed by atoms with Gasteiger partial charge in [-0.25, -0.2) is 9.97 Å². The number of aromatic nitrogens is 3. The lowest BCUT2D eigenvalue weighted by Gasteiger charge is -2.36. The fourth-order valence-electron chi connectivity index (χ4n) is 3.24. The number of alkyl halides is 3. The summed E-state index contributed by atoms with van der Waals surface area (Å²) in [5.41, 5.74) is 1.14. The van der Waals surface area contributed by atoms with Gasteiger partial charge in [0.05, 0.1) is 10.6 Å². The third-order valence-corrected chi connectivity index (χ3v) is 5.07. The maximum atomic E-state index is 12.8. The minimum atomic E-state index is -4.46. The number of piperazine rings is 1. The van der Waals surface area contributed by atoms with Crippen molar-refractivity contribution in [3.05, 3.63) is 65.7 Å². The predicted molar refractivity (Wildman–Crippen MR) is 106 cm³/mol. The molecular formula is C20H17ClF3N5. The van der Waals surface area contributed by atoms with Gasteiger partial charge in [0.2, 0.25) is 0 Å². The van der Waals surface area contributed by atoms with Crippen LogP contribution >= 0.6 is 11.6 Å². The van der Waals surface area contributed by atoms with Gasteiger partial charge in [0.25, 0.3) is 0 Å². The normalized spacial score (nSPS) is 14.9. The molecule has 1 fully saturated rings. The summed E-state index contributed by atoms with van der Waals surface area (Å²) in [4.78, 5) is 16.6. The van der Waals surface area contributed by atoms with E-state index in [4.69, 9.17) is 11.6 Å². The van der Waals surface area contributed by atoms with Crippen LogP contribution in [0.1, 0.15) is 5.56 Å². The number of hydrogen-bond donors (Lipinski definition) is 0. The van der Waals surface area contributed by atoms with Crippen LogP contribution < -0.4 is 9.80 Å². The van der Waals surface area contributed by atoms with Crippen molar-refractivity contribution in [3.63, 3.8) is 0 Å². The van der Waals surface area contributed by atoms with Crippen molar-refractivity contribution in [1.29, 1.82) is 0 Å². The zero-order valence-corrected chi connectivity index (χ0v) is 16.0. The first kappa shape index (κ1) is 19.4. The minimum Gasteiger partial charge on any atom is -0.353 e. The summed E-state index contributed by atoms with van der Waals surface area (Å²) in [6.45, 7) is 2.50. The van der Waals surface area contributed by atoms with E-state index in [1.807, 2.05) is 35.4 Å². The van der Waals surface area contributed by atoms with E-state index in [1.165, 1.54) is 0 Å². The topological polar surface area (TPSA) is 45.2 Å². The lowest BCUT2D eigenvalue weighted by atomic mass is 10.1. The SMILES string of the molecule is FC(F)(F)c1cnc(N2CCN(c3ccc(-c4cccnc4)cn3)CC2)c(Cl)c1. The molecule has 1 aliphatic heterocycles. The number of pyridine rings is 3. The molecule has 0 radical (unpaired) electrons. The summed E-state index contributed by atoms with van der Waals surface area (Å²) in [6, 6.07) is 8.74. The summed E-state index contributed by atoms with van der Waals surface area (Å²) in [5.74, 6) is 1.22. The van der Waals surface area contributed by atoms with Crippen molar-refractivity contribution in [2.75, 3.05) is 36.0 Å². The molecule has 1 saturated heterocycles. The van der Waals surface area contributed by atoms with Gasteiger partial charge < -0.3 is 9.80 Å². The Morgan fingerprint density at radius 1 is 0.862 bits per heavy atom. The average molecular weight is 420 g/mol. The monoisotopic (exact) mass is 419 g/mol. The highest BCUT2D eigenvalue weighted by atomic mass is 35.5. The van der Waals surface area contributed by atoms with Gasteiger partial charge in [-0.2, -0.15) is 13.2 Å². The first-order chi connectivity index (χ1) is 13.9. The molecule has 3 aromatic heterocycles. The van der Waals surface area contributed by atoms with Crippen molar-refractivity contribution >= 4 is 23.2 Å². The van der Waals surface area contributed by atoms with E-state index in [0.29, 0.717) is 32.0 Å². The molecule has 0 bridgehead atoms. The maximum Gasteiger partial charge on any atom is 0.417 e. The molecule has 150 valence electrons. The van der Waals surface area contributed by atoms with Crippen LogP contribution in [0.4, 0.5) is 24.8 Å². The van der Waals surface area contributed by atoms with E-state index in [1.54, 1.807) is 12.4 Å². The first-order valence-electron chi connectivity index (χ1n) is 9.01. The Morgan fingerprint density at radius 2 is 1.59 bits per heavy atom. The van der Waals surface area contributed by atoms with Crippen LogP contribution in [0.2, 0.25) is 5.02 Å². The Hall–Kier alpha value is -2.87. The van der Waals surface area contributed by atoms with Crippen LogP contribution in [-0.2, 0) is 6.18 Å². The molecule has 0 aromatic carbocycles. The zero-order chi connectivity index (χ0) is 20.4. The number of hydrogen-bond acceptors (Lipinski definition) is 5. The fourth-order valence-corrected chi connectivity index (χ4v) is 3.53. The molecule has 4 heterocycles. The van der Waals surface area contributed by atoms with Crippen LogP contribution in [0.3, 0.4) is 0 Å². The quantitative estimate of drug-likeness (QED) is 0.623. The molecule has 0 spiro atoms. The van der Waals surface area contributed by atoms with Gasteiger partial charge >= 0.3 is 6.18 Å². The Labute approximate surface area is 170 Å². The molecule has 29 heavy (non-hydrogen) atoms. The maximum absolute atomic E-state index is 12.8. The highest BCUT2D eigenvalue weighted by Gasteiger charge is 2.32. The second-order valence-electron chi connectivity index (χ2n) is 6.65. The molecular weight excluding hydrogens is 403 g/mol. The van der Waals surface area contributed by atoms with Crippen molar-refractivity contribution in [3.8, 4) is 11.1 Å². The molecule has 0 N–H and O–H groups in total. The minimum absolute atomic E-state index is 0.00669. The molecule has 0 aliphatic carbocycles. The van der Waals surface area contributed by atoms with Crippen LogP contribution in [0.5, 0.6) is 0 Å². The molecule has 0 atom stereocenters. The third kappa shape index (κ3) is 4.27. The summed E-state index contributed by atoms with van der Waals surface area (Å²) < 4.78 is 38.4. The molecule has 0 saturated carbocycles. The first-order valence-corrected chi connectivity index (χ1v) is 9.39. The van der Waals surface area contributed by atoms with E-state index in [9.17, 15) is 13.2 Å². The van der Waals surface area contributed by atoms with Crippen molar-refractivity contribution in [2.24, 2.45) is 0 Å². The van der Waals surface area contributed by atoms with Gasteiger partial charge in [-0.3, -0.25) is 4.98 Å². The fraction of sp³-hybridized carbons (Fsp3) is 0.250. The van der Waals surface area contributed by atoms with Gasteiger partial charge in [0.15, 0.2) is 0 Å². The number of anilines is 2. The van der Waals surface area contributed by atoms with E-state index < -0.39 is 11.7 Å². The van der Waals surface area contributed by atoms with E-state index >= 15 is 0 Å². The van der Waals surface area contributed by atoms with Gasteiger partial charge in [0, 0.05) is 62.1 Å². The number of nitrogens with zero attached hydrogens (tertiary/aromatic N) is 5. The van der Waals surface area contributed by atoms with Gasteiger partial charge in [-0.05, 0) is 24.3 Å². The predicted octanol–water partition coefficient (Wildman–Crippen LogP) is 4.54. The molecule has 0 amide bonds. The second kappa shape index (κ2) is 7.87. The molecule has 4 rings (SSSR count). The van der Waals surface area contributed by atoms with Gasteiger partial charge in [-0.15, -0.1) is 0 Å². The van der Waals surface area contributed by atoms with Gasteiger partial charge in [-0.1, -0.05) is 17.7 Å². The summed E-state index contributed by atoms with van der Waals surface area (Å²) >= 11 is 6.06. The van der Waals surface area contributed by atoms with Crippen LogP contribution in [0, 0.1) is 0 Å². The summed E-state index contributed by atoms with van der Waals surface area (Å²) in [6.07, 6.45) is 1.69. The van der Waals surface area contributed by atoms with Crippen LogP contribution in [-0.4, -0.2) is 41.1 Å². The van der Waals surface area contributed by atoms with Crippen LogP contribution in [0.25, 0.3) is 11.1 Å². The Bertz CT molecular complexity index is 972. The number of halogens is 4. The highest BCUT2D eigenvalue weighted by molar-refractivity contribution is 6.33. The van der Waals surface area contributed by atoms with E-state index in [0.717, 1.165) is 29.2 Å². The smallest absolute Gasteiger partial charge is 0.353 e. The summed E-state index contributed by atoms with van der Waals surface area (Å²) in [7, 11) is 0. The Kier molecular flexibility index (Phi) is 5.27. The third-order valence-electron chi connectivity index (χ3n) is 4.80. The summed E-state index contributed by atoms with van der Waals surface area (Å²) in [5, 5.41) is 0.00669. The van der Waals surface area contributed by atoms with Crippen molar-refractivity contribution in [1.82, 2.24) is 15.0 Å².